The molecule has 5 heteroatoms. The van der Waals surface area contributed by atoms with Crippen LogP contribution in [0.5, 0.6) is 0 Å². The minimum Gasteiger partial charge on any atom is -0.357 e. The van der Waals surface area contributed by atoms with E-state index in [-0.39, 0.29) is 40.7 Å². The second kappa shape index (κ2) is 7.62. The molecule has 124 valence electrons. The van der Waals surface area contributed by atoms with E-state index in [1.54, 1.807) is 0 Å². The molecule has 0 saturated heterocycles. The predicted octanol–water partition coefficient (Wildman–Crippen LogP) is 3.83. The van der Waals surface area contributed by atoms with Crippen LogP contribution in [0.4, 0.5) is 4.39 Å². The third-order valence-electron chi connectivity index (χ3n) is 3.69. The maximum Gasteiger partial charge on any atom is 0.191 e. The average Bonchev–Trinajstić information content (AvgIpc) is 3.17. The zero-order valence-electron chi connectivity index (χ0n) is 13.9. The van der Waals surface area contributed by atoms with Gasteiger partial charge in [0.2, 0.25) is 0 Å². The average molecular weight is 419 g/mol. The van der Waals surface area contributed by atoms with Gasteiger partial charge in [-0.15, -0.1) is 24.0 Å². The molecule has 1 aliphatic carbocycles. The number of benzene rings is 1. The van der Waals surface area contributed by atoms with Gasteiger partial charge >= 0.3 is 0 Å². The Balaban J connectivity index is 0.00000242. The third kappa shape index (κ3) is 5.41. The molecule has 0 atom stereocenters. The Morgan fingerprint density at radius 1 is 1.23 bits per heavy atom. The van der Waals surface area contributed by atoms with Crippen LogP contribution in [-0.2, 0) is 5.41 Å². The van der Waals surface area contributed by atoms with E-state index < -0.39 is 0 Å². The van der Waals surface area contributed by atoms with Crippen molar-refractivity contribution in [3.05, 3.63) is 35.6 Å². The maximum atomic E-state index is 13.0. The van der Waals surface area contributed by atoms with Crippen LogP contribution in [0.2, 0.25) is 0 Å². The molecular formula is C17H27FIN3. The second-order valence-electron chi connectivity index (χ2n) is 6.86. The smallest absolute Gasteiger partial charge is 0.191 e. The molecule has 1 aliphatic rings. The molecule has 1 aromatic rings. The first-order chi connectivity index (χ1) is 9.85. The van der Waals surface area contributed by atoms with Gasteiger partial charge in [-0.2, -0.15) is 0 Å². The lowest BCUT2D eigenvalue weighted by atomic mass is 9.96. The first-order valence-electron chi connectivity index (χ1n) is 7.67. The summed E-state index contributed by atoms with van der Waals surface area (Å²) in [4.78, 5) is 4.73. The van der Waals surface area contributed by atoms with Crippen molar-refractivity contribution < 1.29 is 4.39 Å². The molecule has 2 rings (SSSR count). The van der Waals surface area contributed by atoms with Gasteiger partial charge in [0.1, 0.15) is 5.82 Å². The van der Waals surface area contributed by atoms with Crippen LogP contribution in [0.15, 0.2) is 29.3 Å². The number of guanidine groups is 1. The molecule has 0 aliphatic heterocycles. The van der Waals surface area contributed by atoms with Gasteiger partial charge < -0.3 is 10.6 Å². The summed E-state index contributed by atoms with van der Waals surface area (Å²) in [5.41, 5.74) is 1.28. The summed E-state index contributed by atoms with van der Waals surface area (Å²) in [7, 11) is 0. The largest absolute Gasteiger partial charge is 0.357 e. The van der Waals surface area contributed by atoms with Gasteiger partial charge in [0.25, 0.3) is 0 Å². The number of hydrogen-bond donors (Lipinski definition) is 2. The second-order valence-corrected chi connectivity index (χ2v) is 6.86. The van der Waals surface area contributed by atoms with Crippen molar-refractivity contribution >= 4 is 29.9 Å². The van der Waals surface area contributed by atoms with E-state index in [1.165, 1.54) is 17.7 Å². The molecular weight excluding hydrogens is 392 g/mol. The number of nitrogens with zero attached hydrogens (tertiary/aromatic N) is 1. The topological polar surface area (TPSA) is 36.4 Å². The fourth-order valence-electron chi connectivity index (χ4n) is 2.39. The number of nitrogens with one attached hydrogen (secondary N) is 2. The van der Waals surface area contributed by atoms with Crippen LogP contribution in [0.1, 0.15) is 46.1 Å². The molecule has 2 N–H and O–H groups in total. The first kappa shape index (κ1) is 19.2. The summed E-state index contributed by atoms with van der Waals surface area (Å²) in [6.07, 6.45) is 2.24. The van der Waals surface area contributed by atoms with E-state index in [0.29, 0.717) is 0 Å². The van der Waals surface area contributed by atoms with Crippen molar-refractivity contribution in [2.45, 2.75) is 51.5 Å². The quantitative estimate of drug-likeness (QED) is 0.442. The van der Waals surface area contributed by atoms with Gasteiger partial charge in [-0.3, -0.25) is 4.99 Å². The number of aliphatic imine (C=N–C) groups is 1. The van der Waals surface area contributed by atoms with Crippen LogP contribution in [0, 0.1) is 5.82 Å². The van der Waals surface area contributed by atoms with Crippen molar-refractivity contribution in [1.29, 1.82) is 0 Å². The lowest BCUT2D eigenvalue weighted by Crippen LogP contribution is -2.47. The van der Waals surface area contributed by atoms with Crippen LogP contribution in [0.3, 0.4) is 0 Å². The molecule has 0 heterocycles. The minimum atomic E-state index is -0.180. The maximum absolute atomic E-state index is 13.0. The van der Waals surface area contributed by atoms with Crippen molar-refractivity contribution in [2.75, 3.05) is 13.1 Å². The van der Waals surface area contributed by atoms with E-state index in [1.807, 2.05) is 12.1 Å². The highest BCUT2D eigenvalue weighted by atomic mass is 127. The van der Waals surface area contributed by atoms with E-state index in [2.05, 4.69) is 38.3 Å². The molecule has 0 radical (unpaired) electrons. The van der Waals surface area contributed by atoms with Gasteiger partial charge in [0.05, 0.1) is 6.54 Å². The fourth-order valence-corrected chi connectivity index (χ4v) is 2.39. The van der Waals surface area contributed by atoms with Gasteiger partial charge in [-0.1, -0.05) is 12.1 Å². The summed E-state index contributed by atoms with van der Waals surface area (Å²) >= 11 is 0. The van der Waals surface area contributed by atoms with E-state index in [9.17, 15) is 4.39 Å². The van der Waals surface area contributed by atoms with E-state index in [0.717, 1.165) is 31.9 Å². The summed E-state index contributed by atoms with van der Waals surface area (Å²) in [5.74, 6) is 0.666. The molecule has 1 saturated carbocycles. The molecule has 3 nitrogen and oxygen atoms in total. The number of halogens is 2. The lowest BCUT2D eigenvalue weighted by Gasteiger charge is -2.24. The Hall–Kier alpha value is -0.850. The number of rotatable bonds is 4. The van der Waals surface area contributed by atoms with Gasteiger partial charge in [-0.05, 0) is 58.2 Å². The molecule has 1 fully saturated rings. The first-order valence-corrected chi connectivity index (χ1v) is 7.67. The highest BCUT2D eigenvalue weighted by Gasteiger charge is 2.44. The Morgan fingerprint density at radius 2 is 1.82 bits per heavy atom. The Labute approximate surface area is 150 Å². The molecule has 1 aromatic carbocycles. The molecule has 0 aromatic heterocycles. The molecule has 0 spiro atoms. The minimum absolute atomic E-state index is 0. The fraction of sp³-hybridized carbons (Fsp3) is 0.588. The zero-order valence-corrected chi connectivity index (χ0v) is 16.2. The molecule has 0 amide bonds. The molecule has 0 bridgehead atoms. The Morgan fingerprint density at radius 3 is 2.27 bits per heavy atom. The highest BCUT2D eigenvalue weighted by Crippen LogP contribution is 2.48. The molecule has 22 heavy (non-hydrogen) atoms. The highest BCUT2D eigenvalue weighted by molar-refractivity contribution is 14.0. The summed E-state index contributed by atoms with van der Waals surface area (Å²) in [6.45, 7) is 9.99. The van der Waals surface area contributed by atoms with E-state index in [4.69, 9.17) is 4.99 Å². The summed E-state index contributed by atoms with van der Waals surface area (Å²) in [5, 5.41) is 6.68. The number of hydrogen-bond acceptors (Lipinski definition) is 1. The van der Waals surface area contributed by atoms with Crippen molar-refractivity contribution in [1.82, 2.24) is 10.6 Å². The van der Waals surface area contributed by atoms with Crippen LogP contribution >= 0.6 is 24.0 Å². The Kier molecular flexibility index (Phi) is 6.65. The SMILES string of the molecule is CCNC(=NCC1(c2ccc(F)cc2)CC1)NC(C)(C)C.I. The summed E-state index contributed by atoms with van der Waals surface area (Å²) < 4.78 is 13.0. The van der Waals surface area contributed by atoms with Gasteiger partial charge in [0.15, 0.2) is 5.96 Å². The summed E-state index contributed by atoms with van der Waals surface area (Å²) in [6, 6.07) is 6.86. The van der Waals surface area contributed by atoms with Crippen LogP contribution in [0.25, 0.3) is 0 Å². The standard InChI is InChI=1S/C17H26FN3.HI/c1-5-19-15(21-16(2,3)4)20-12-17(10-11-17)13-6-8-14(18)9-7-13;/h6-9H,5,10-12H2,1-4H3,(H2,19,20,21);1H. The van der Waals surface area contributed by atoms with Crippen LogP contribution in [-0.4, -0.2) is 24.6 Å². The van der Waals surface area contributed by atoms with Crippen molar-refractivity contribution in [3.8, 4) is 0 Å². The van der Waals surface area contributed by atoms with E-state index >= 15 is 0 Å². The zero-order chi connectivity index (χ0) is 15.5. The van der Waals surface area contributed by atoms with Crippen molar-refractivity contribution in [3.63, 3.8) is 0 Å². The van der Waals surface area contributed by atoms with Gasteiger partial charge in [-0.25, -0.2) is 4.39 Å². The Bertz CT molecular complexity index is 502. The predicted molar refractivity (Wildman–Crippen MR) is 102 cm³/mol. The monoisotopic (exact) mass is 419 g/mol. The molecule has 0 unspecified atom stereocenters. The lowest BCUT2D eigenvalue weighted by molar-refractivity contribution is 0.500. The van der Waals surface area contributed by atoms with Crippen molar-refractivity contribution in [2.24, 2.45) is 4.99 Å². The van der Waals surface area contributed by atoms with Crippen LogP contribution < -0.4 is 10.6 Å². The third-order valence-corrected chi connectivity index (χ3v) is 3.69. The van der Waals surface area contributed by atoms with Gasteiger partial charge in [0, 0.05) is 17.5 Å². The normalized spacial score (nSPS) is 16.7.